The molecule has 148 valence electrons. The Hall–Kier alpha value is -2.62. The van der Waals surface area contributed by atoms with Gasteiger partial charge in [0.2, 0.25) is 0 Å². The molecule has 1 saturated carbocycles. The number of hydrogen-bond donors (Lipinski definition) is 0. The largest absolute Gasteiger partial charge is 0.389 e. The molecule has 1 aliphatic carbocycles. The van der Waals surface area contributed by atoms with Crippen LogP contribution in [-0.4, -0.2) is 21.7 Å². The number of benzene rings is 1. The number of nitrogens with zero attached hydrogens (tertiary/aromatic N) is 3. The summed E-state index contributed by atoms with van der Waals surface area (Å²) in [5, 5.41) is 13.7. The summed E-state index contributed by atoms with van der Waals surface area (Å²) in [7, 11) is 0. The summed E-state index contributed by atoms with van der Waals surface area (Å²) in [5.74, 6) is -0.0769. The Morgan fingerprint density at radius 3 is 2.43 bits per heavy atom. The van der Waals surface area contributed by atoms with E-state index in [0.717, 1.165) is 24.0 Å². The number of carbonyl (C=O) groups is 1. The highest BCUT2D eigenvalue weighted by Crippen LogP contribution is 2.47. The van der Waals surface area contributed by atoms with Gasteiger partial charge in [-0.3, -0.25) is 9.48 Å². The zero-order valence-electron chi connectivity index (χ0n) is 15.9. The molecular formula is C21H22F3N3O. The lowest BCUT2D eigenvalue weighted by atomic mass is 9.97. The van der Waals surface area contributed by atoms with Crippen LogP contribution in [0, 0.1) is 11.3 Å². The molecule has 1 fully saturated rings. The fourth-order valence-corrected chi connectivity index (χ4v) is 3.34. The second kappa shape index (κ2) is 7.78. The number of Topliss-reactive ketones (excluding diaryl/α,β-unsaturated/α-hetero) is 1. The fraction of sp³-hybridized carbons (Fsp3) is 0.476. The number of carbonyl (C=O) groups excluding carboxylic acids is 1. The van der Waals surface area contributed by atoms with Crippen molar-refractivity contribution >= 4 is 5.78 Å². The number of ketones is 1. The molecule has 1 heterocycles. The van der Waals surface area contributed by atoms with Crippen LogP contribution in [0.1, 0.15) is 79.5 Å². The first kappa shape index (κ1) is 20.1. The fourth-order valence-electron chi connectivity index (χ4n) is 3.34. The van der Waals surface area contributed by atoms with Crippen LogP contribution in [0.3, 0.4) is 0 Å². The zero-order chi connectivity index (χ0) is 20.5. The number of hydrogen-bond acceptors (Lipinski definition) is 3. The minimum Gasteiger partial charge on any atom is -0.292 e. The Morgan fingerprint density at radius 1 is 1.29 bits per heavy atom. The number of aromatic nitrogens is 2. The van der Waals surface area contributed by atoms with Crippen molar-refractivity contribution in [2.75, 3.05) is 0 Å². The third-order valence-corrected chi connectivity index (χ3v) is 4.84. The van der Waals surface area contributed by atoms with E-state index < -0.39 is 12.6 Å². The van der Waals surface area contributed by atoms with Crippen molar-refractivity contribution in [3.05, 3.63) is 41.1 Å². The second-order valence-corrected chi connectivity index (χ2v) is 7.50. The first-order chi connectivity index (χ1) is 13.2. The van der Waals surface area contributed by atoms with Gasteiger partial charge in [-0.1, -0.05) is 12.1 Å². The third kappa shape index (κ3) is 4.44. The molecule has 7 heteroatoms. The van der Waals surface area contributed by atoms with Gasteiger partial charge in [-0.05, 0) is 51.2 Å². The number of alkyl halides is 3. The highest BCUT2D eigenvalue weighted by Gasteiger charge is 2.36. The highest BCUT2D eigenvalue weighted by molar-refractivity contribution is 5.98. The van der Waals surface area contributed by atoms with Gasteiger partial charge in [0.25, 0.3) is 0 Å². The lowest BCUT2D eigenvalue weighted by molar-refractivity contribution is -0.135. The van der Waals surface area contributed by atoms with Crippen LogP contribution in [0.2, 0.25) is 0 Å². The first-order valence-electron chi connectivity index (χ1n) is 9.44. The lowest BCUT2D eigenvalue weighted by Gasteiger charge is -2.12. The van der Waals surface area contributed by atoms with E-state index in [0.29, 0.717) is 17.0 Å². The van der Waals surface area contributed by atoms with Gasteiger partial charge < -0.3 is 0 Å². The molecular weight excluding hydrogens is 367 g/mol. The van der Waals surface area contributed by atoms with Gasteiger partial charge in [-0.2, -0.15) is 23.5 Å². The average molecular weight is 389 g/mol. The van der Waals surface area contributed by atoms with Crippen molar-refractivity contribution in [2.45, 2.75) is 64.1 Å². The molecule has 0 aliphatic heterocycles. The first-order valence-corrected chi connectivity index (χ1v) is 9.44. The summed E-state index contributed by atoms with van der Waals surface area (Å²) in [5.41, 5.74) is 3.32. The Bertz CT molecular complexity index is 901. The van der Waals surface area contributed by atoms with Gasteiger partial charge in [0.1, 0.15) is 5.69 Å². The molecule has 2 aromatic rings. The average Bonchev–Trinajstić information content (AvgIpc) is 3.39. The maximum absolute atomic E-state index is 12.9. The third-order valence-electron chi connectivity index (χ3n) is 4.84. The van der Waals surface area contributed by atoms with E-state index >= 15 is 0 Å². The van der Waals surface area contributed by atoms with Crippen LogP contribution in [0.25, 0.3) is 11.3 Å². The summed E-state index contributed by atoms with van der Waals surface area (Å²) in [6.45, 7) is 3.80. The maximum atomic E-state index is 12.9. The van der Waals surface area contributed by atoms with Gasteiger partial charge in [0.05, 0.1) is 17.3 Å². The summed E-state index contributed by atoms with van der Waals surface area (Å²) in [6.07, 6.45) is -3.71. The number of rotatable bonds is 7. The predicted molar refractivity (Wildman–Crippen MR) is 99.0 cm³/mol. The molecule has 0 saturated heterocycles. The minimum atomic E-state index is -4.26. The van der Waals surface area contributed by atoms with E-state index in [-0.39, 0.29) is 30.6 Å². The van der Waals surface area contributed by atoms with E-state index in [4.69, 9.17) is 5.26 Å². The smallest absolute Gasteiger partial charge is 0.292 e. The van der Waals surface area contributed by atoms with Gasteiger partial charge >= 0.3 is 6.18 Å². The van der Waals surface area contributed by atoms with Crippen molar-refractivity contribution in [2.24, 2.45) is 0 Å². The SMILES string of the molecule is CC(C)n1nc(-c2ccc(C#N)cc2)c(C2CC2)c1C(=O)CCCC(F)(F)F. The van der Waals surface area contributed by atoms with Gasteiger partial charge in [-0.15, -0.1) is 0 Å². The van der Waals surface area contributed by atoms with E-state index in [2.05, 4.69) is 11.2 Å². The molecule has 0 atom stereocenters. The zero-order valence-corrected chi connectivity index (χ0v) is 15.9. The molecule has 0 spiro atoms. The van der Waals surface area contributed by atoms with Crippen LogP contribution in [0.5, 0.6) is 0 Å². The number of nitriles is 1. The quantitative estimate of drug-likeness (QED) is 0.563. The van der Waals surface area contributed by atoms with Crippen LogP contribution in [0.4, 0.5) is 13.2 Å². The summed E-state index contributed by atoms with van der Waals surface area (Å²) in [6, 6.07) is 8.98. The van der Waals surface area contributed by atoms with Gasteiger partial charge in [-0.25, -0.2) is 0 Å². The molecule has 1 aliphatic rings. The molecule has 1 aromatic heterocycles. The molecule has 4 nitrogen and oxygen atoms in total. The van der Waals surface area contributed by atoms with E-state index in [1.165, 1.54) is 0 Å². The van der Waals surface area contributed by atoms with Crippen LogP contribution in [-0.2, 0) is 0 Å². The molecule has 0 bridgehead atoms. The molecule has 0 unspecified atom stereocenters. The molecule has 0 radical (unpaired) electrons. The molecule has 28 heavy (non-hydrogen) atoms. The van der Waals surface area contributed by atoms with Crippen molar-refractivity contribution in [3.8, 4) is 17.3 Å². The van der Waals surface area contributed by atoms with Crippen LogP contribution in [0.15, 0.2) is 24.3 Å². The summed E-state index contributed by atoms with van der Waals surface area (Å²) in [4.78, 5) is 12.9. The Labute approximate surface area is 162 Å². The molecule has 0 N–H and O–H groups in total. The van der Waals surface area contributed by atoms with E-state index in [1.807, 2.05) is 13.8 Å². The summed E-state index contributed by atoms with van der Waals surface area (Å²) < 4.78 is 39.1. The van der Waals surface area contributed by atoms with Gasteiger partial charge in [0.15, 0.2) is 5.78 Å². The maximum Gasteiger partial charge on any atom is 0.389 e. The van der Waals surface area contributed by atoms with Crippen LogP contribution < -0.4 is 0 Å². The summed E-state index contributed by atoms with van der Waals surface area (Å²) >= 11 is 0. The predicted octanol–water partition coefficient (Wildman–Crippen LogP) is 5.80. The Morgan fingerprint density at radius 2 is 1.93 bits per heavy atom. The standard InChI is InChI=1S/C21H22F3N3O/c1-13(2)27-20(17(28)4-3-11-21(22,23)24)18(15-9-10-15)19(26-27)16-7-5-14(12-25)6-8-16/h5-8,13,15H,3-4,9-11H2,1-2H3. The molecule has 0 amide bonds. The monoisotopic (exact) mass is 389 g/mol. The van der Waals surface area contributed by atoms with Crippen molar-refractivity contribution in [1.29, 1.82) is 5.26 Å². The Kier molecular flexibility index (Phi) is 5.59. The van der Waals surface area contributed by atoms with Gasteiger partial charge in [0, 0.05) is 30.0 Å². The van der Waals surface area contributed by atoms with E-state index in [1.54, 1.807) is 28.9 Å². The normalized spacial score (nSPS) is 14.3. The van der Waals surface area contributed by atoms with Crippen molar-refractivity contribution in [3.63, 3.8) is 0 Å². The molecule has 1 aromatic carbocycles. The number of halogens is 3. The van der Waals surface area contributed by atoms with Crippen molar-refractivity contribution in [1.82, 2.24) is 9.78 Å². The second-order valence-electron chi connectivity index (χ2n) is 7.50. The lowest BCUT2D eigenvalue weighted by Crippen LogP contribution is -2.15. The topological polar surface area (TPSA) is 58.7 Å². The Balaban J connectivity index is 1.99. The van der Waals surface area contributed by atoms with E-state index in [9.17, 15) is 18.0 Å². The highest BCUT2D eigenvalue weighted by atomic mass is 19.4. The van der Waals surface area contributed by atoms with Crippen molar-refractivity contribution < 1.29 is 18.0 Å². The molecule has 3 rings (SSSR count). The minimum absolute atomic E-state index is 0.0915. The van der Waals surface area contributed by atoms with Crippen LogP contribution >= 0.6 is 0 Å².